The molecular weight excluding hydrogens is 144 g/mol. The number of rotatable bonds is 3. The maximum atomic E-state index is 3.76. The molecule has 0 aromatic rings. The van der Waals surface area contributed by atoms with Gasteiger partial charge >= 0.3 is 0 Å². The Morgan fingerprint density at radius 3 is 2.42 bits per heavy atom. The van der Waals surface area contributed by atoms with Crippen molar-refractivity contribution in [2.24, 2.45) is 5.41 Å². The quantitative estimate of drug-likeness (QED) is 0.553. The Kier molecular flexibility index (Phi) is 2.69. The molecule has 0 bridgehead atoms. The van der Waals surface area contributed by atoms with E-state index in [2.05, 4.69) is 50.8 Å². The fourth-order valence-corrected chi connectivity index (χ4v) is 1.37. The van der Waals surface area contributed by atoms with Crippen LogP contribution in [0.2, 0.25) is 0 Å². The van der Waals surface area contributed by atoms with Gasteiger partial charge in [-0.2, -0.15) is 0 Å². The third-order valence-corrected chi connectivity index (χ3v) is 1.92. The highest BCUT2D eigenvalue weighted by atomic mass is 14.2. The fraction of sp³-hybridized carbons (Fsp3) is 0.333. The van der Waals surface area contributed by atoms with Gasteiger partial charge in [0, 0.05) is 0 Å². The van der Waals surface area contributed by atoms with Gasteiger partial charge in [0.05, 0.1) is 0 Å². The predicted molar refractivity (Wildman–Crippen MR) is 55.0 cm³/mol. The first-order chi connectivity index (χ1) is 5.64. The fourth-order valence-electron chi connectivity index (χ4n) is 1.37. The topological polar surface area (TPSA) is 0 Å². The second-order valence-electron chi connectivity index (χ2n) is 3.84. The van der Waals surface area contributed by atoms with Crippen LogP contribution in [0.4, 0.5) is 0 Å². The van der Waals surface area contributed by atoms with Gasteiger partial charge in [-0.1, -0.05) is 50.3 Å². The summed E-state index contributed by atoms with van der Waals surface area (Å²) in [6, 6.07) is 0. The molecule has 0 N–H and O–H groups in total. The molecule has 0 unspecified atom stereocenters. The van der Waals surface area contributed by atoms with Gasteiger partial charge in [-0.05, 0) is 17.4 Å². The Balaban J connectivity index is 2.70. The van der Waals surface area contributed by atoms with Crippen molar-refractivity contribution in [2.45, 2.75) is 20.3 Å². The lowest BCUT2D eigenvalue weighted by atomic mass is 9.87. The molecule has 0 heterocycles. The van der Waals surface area contributed by atoms with Crippen molar-refractivity contribution in [1.82, 2.24) is 0 Å². The lowest BCUT2D eigenvalue weighted by Gasteiger charge is -2.18. The highest BCUT2D eigenvalue weighted by Crippen LogP contribution is 2.25. The summed E-state index contributed by atoms with van der Waals surface area (Å²) in [5.41, 5.74) is 1.54. The number of hydrogen-bond acceptors (Lipinski definition) is 0. The van der Waals surface area contributed by atoms with Gasteiger partial charge in [0.15, 0.2) is 0 Å². The molecule has 0 nitrogen and oxygen atoms in total. The molecular formula is C12H16. The molecule has 0 fully saturated rings. The van der Waals surface area contributed by atoms with E-state index in [9.17, 15) is 0 Å². The van der Waals surface area contributed by atoms with E-state index in [4.69, 9.17) is 0 Å². The summed E-state index contributed by atoms with van der Waals surface area (Å²) in [6.07, 6.45) is 13.7. The standard InChI is InChI=1S/C12H16/c1-4-9-12(2,3)10-11-7-5-6-8-11/h4-8,10H,1,9H2,2-3H3. The summed E-state index contributed by atoms with van der Waals surface area (Å²) in [4.78, 5) is 0. The highest BCUT2D eigenvalue weighted by Gasteiger charge is 2.12. The molecule has 0 amide bonds. The van der Waals surface area contributed by atoms with Crippen molar-refractivity contribution in [3.63, 3.8) is 0 Å². The molecule has 0 aromatic carbocycles. The molecule has 0 heteroatoms. The van der Waals surface area contributed by atoms with Gasteiger partial charge in [-0.15, -0.1) is 6.58 Å². The van der Waals surface area contributed by atoms with Crippen LogP contribution in [-0.2, 0) is 0 Å². The van der Waals surface area contributed by atoms with E-state index in [1.54, 1.807) is 0 Å². The molecule has 0 saturated heterocycles. The van der Waals surface area contributed by atoms with E-state index in [0.717, 1.165) is 6.42 Å². The molecule has 0 aromatic heterocycles. The summed E-state index contributed by atoms with van der Waals surface area (Å²) in [5.74, 6) is 0. The van der Waals surface area contributed by atoms with Crippen molar-refractivity contribution in [3.8, 4) is 0 Å². The van der Waals surface area contributed by atoms with Gasteiger partial charge in [0.2, 0.25) is 0 Å². The minimum Gasteiger partial charge on any atom is -0.103 e. The second-order valence-corrected chi connectivity index (χ2v) is 3.84. The van der Waals surface area contributed by atoms with Crippen LogP contribution in [-0.4, -0.2) is 0 Å². The van der Waals surface area contributed by atoms with Crippen LogP contribution >= 0.6 is 0 Å². The van der Waals surface area contributed by atoms with Gasteiger partial charge in [-0.25, -0.2) is 0 Å². The smallest absolute Gasteiger partial charge is 0.0131 e. The molecule has 12 heavy (non-hydrogen) atoms. The van der Waals surface area contributed by atoms with Crippen LogP contribution in [0.5, 0.6) is 0 Å². The lowest BCUT2D eigenvalue weighted by Crippen LogP contribution is -2.05. The van der Waals surface area contributed by atoms with E-state index in [1.807, 2.05) is 6.08 Å². The van der Waals surface area contributed by atoms with E-state index < -0.39 is 0 Å². The van der Waals surface area contributed by atoms with E-state index in [-0.39, 0.29) is 5.41 Å². The molecule has 0 saturated carbocycles. The maximum absolute atomic E-state index is 3.76. The van der Waals surface area contributed by atoms with Gasteiger partial charge in [-0.3, -0.25) is 0 Å². The first-order valence-electron chi connectivity index (χ1n) is 4.32. The van der Waals surface area contributed by atoms with Crippen LogP contribution in [0, 0.1) is 5.41 Å². The van der Waals surface area contributed by atoms with Crippen molar-refractivity contribution < 1.29 is 0 Å². The van der Waals surface area contributed by atoms with Gasteiger partial charge in [0.25, 0.3) is 0 Å². The first-order valence-corrected chi connectivity index (χ1v) is 4.32. The average molecular weight is 160 g/mol. The van der Waals surface area contributed by atoms with Crippen molar-refractivity contribution in [3.05, 3.63) is 48.6 Å². The SMILES string of the molecule is C=CCC(C)(C)C=C1C=CC=C1. The van der Waals surface area contributed by atoms with Gasteiger partial charge in [0.1, 0.15) is 0 Å². The number of hydrogen-bond donors (Lipinski definition) is 0. The Labute approximate surface area is 75.0 Å². The molecule has 0 spiro atoms. The van der Waals surface area contributed by atoms with Crippen molar-refractivity contribution >= 4 is 0 Å². The monoisotopic (exact) mass is 160 g/mol. The maximum Gasteiger partial charge on any atom is -0.0131 e. The molecule has 0 aliphatic heterocycles. The predicted octanol–water partition coefficient (Wildman–Crippen LogP) is 3.64. The Morgan fingerprint density at radius 2 is 1.92 bits per heavy atom. The number of allylic oxidation sites excluding steroid dienone is 7. The molecule has 1 rings (SSSR count). The lowest BCUT2D eigenvalue weighted by molar-refractivity contribution is 0.487. The van der Waals surface area contributed by atoms with Crippen molar-refractivity contribution in [2.75, 3.05) is 0 Å². The highest BCUT2D eigenvalue weighted by molar-refractivity contribution is 5.40. The Morgan fingerprint density at radius 1 is 1.33 bits per heavy atom. The zero-order chi connectivity index (χ0) is 9.03. The minimum absolute atomic E-state index is 0.232. The van der Waals surface area contributed by atoms with Gasteiger partial charge < -0.3 is 0 Å². The summed E-state index contributed by atoms with van der Waals surface area (Å²) in [6.45, 7) is 8.20. The summed E-state index contributed by atoms with van der Waals surface area (Å²) >= 11 is 0. The van der Waals surface area contributed by atoms with Crippen LogP contribution in [0.3, 0.4) is 0 Å². The minimum atomic E-state index is 0.232. The summed E-state index contributed by atoms with van der Waals surface area (Å²) < 4.78 is 0. The normalized spacial score (nSPS) is 15.3. The zero-order valence-corrected chi connectivity index (χ0v) is 7.88. The van der Waals surface area contributed by atoms with Crippen LogP contribution < -0.4 is 0 Å². The second kappa shape index (κ2) is 3.57. The van der Waals surface area contributed by atoms with E-state index in [0.29, 0.717) is 0 Å². The molecule has 0 radical (unpaired) electrons. The largest absolute Gasteiger partial charge is 0.103 e. The summed E-state index contributed by atoms with van der Waals surface area (Å²) in [7, 11) is 0. The van der Waals surface area contributed by atoms with E-state index in [1.165, 1.54) is 5.57 Å². The average Bonchev–Trinajstić information content (AvgIpc) is 2.38. The first kappa shape index (κ1) is 9.05. The Bertz CT molecular complexity index is 235. The molecule has 0 atom stereocenters. The third kappa shape index (κ3) is 2.54. The molecule has 64 valence electrons. The third-order valence-electron chi connectivity index (χ3n) is 1.92. The van der Waals surface area contributed by atoms with Crippen LogP contribution in [0.1, 0.15) is 20.3 Å². The van der Waals surface area contributed by atoms with Crippen LogP contribution in [0.25, 0.3) is 0 Å². The Hall–Kier alpha value is -1.04. The summed E-state index contributed by atoms with van der Waals surface area (Å²) in [5, 5.41) is 0. The molecule has 1 aliphatic rings. The van der Waals surface area contributed by atoms with E-state index >= 15 is 0 Å². The molecule has 1 aliphatic carbocycles. The van der Waals surface area contributed by atoms with Crippen LogP contribution in [0.15, 0.2) is 48.6 Å². The van der Waals surface area contributed by atoms with Crippen molar-refractivity contribution in [1.29, 1.82) is 0 Å². The zero-order valence-electron chi connectivity index (χ0n) is 7.88.